The number of methoxy groups -OCH3 is 1. The van der Waals surface area contributed by atoms with E-state index in [-0.39, 0.29) is 0 Å². The highest BCUT2D eigenvalue weighted by Crippen LogP contribution is 2.38. The molecule has 5 rings (SSSR count). The van der Waals surface area contributed by atoms with Gasteiger partial charge in [0, 0.05) is 23.0 Å². The molecule has 170 valence electrons. The Morgan fingerprint density at radius 3 is 2.62 bits per heavy atom. The van der Waals surface area contributed by atoms with Crippen LogP contribution in [0.1, 0.15) is 17.0 Å². The van der Waals surface area contributed by atoms with Crippen LogP contribution in [-0.2, 0) is 13.6 Å². The highest BCUT2D eigenvalue weighted by Gasteiger charge is 2.20. The summed E-state index contributed by atoms with van der Waals surface area (Å²) in [7, 11) is 3.51. The minimum Gasteiger partial charge on any atom is -0.496 e. The summed E-state index contributed by atoms with van der Waals surface area (Å²) < 4.78 is 15.1. The van der Waals surface area contributed by atoms with Crippen LogP contribution in [0, 0.1) is 25.3 Å². The number of halogens is 1. The van der Waals surface area contributed by atoms with Gasteiger partial charge in [0.1, 0.15) is 11.5 Å². The van der Waals surface area contributed by atoms with E-state index in [2.05, 4.69) is 10.1 Å². The van der Waals surface area contributed by atoms with E-state index in [4.69, 9.17) is 25.8 Å². The van der Waals surface area contributed by atoms with Crippen LogP contribution < -0.4 is 10.4 Å². The molecule has 0 saturated carbocycles. The lowest BCUT2D eigenvalue weighted by Crippen LogP contribution is -2.24. The fraction of sp³-hybridized carbons (Fsp3) is 0.200. The quantitative estimate of drug-likeness (QED) is 0.347. The van der Waals surface area contributed by atoms with Crippen molar-refractivity contribution in [3.63, 3.8) is 0 Å². The zero-order valence-corrected chi connectivity index (χ0v) is 19.9. The Bertz CT molecular complexity index is 1650. The number of rotatable bonds is 4. The molecule has 0 aliphatic carbocycles. The van der Waals surface area contributed by atoms with E-state index in [9.17, 15) is 5.26 Å². The molecule has 0 N–H and O–H groups in total. The summed E-state index contributed by atoms with van der Waals surface area (Å²) >= 11 is 6.08. The summed E-state index contributed by atoms with van der Waals surface area (Å²) in [6, 6.07) is 11.6. The highest BCUT2D eigenvalue weighted by molar-refractivity contribution is 6.30. The largest absolute Gasteiger partial charge is 0.496 e. The van der Waals surface area contributed by atoms with Gasteiger partial charge < -0.3 is 18.4 Å². The van der Waals surface area contributed by atoms with Crippen molar-refractivity contribution in [1.82, 2.24) is 19.3 Å². The van der Waals surface area contributed by atoms with Crippen molar-refractivity contribution >= 4 is 33.5 Å². The van der Waals surface area contributed by atoms with E-state index < -0.39 is 0 Å². The van der Waals surface area contributed by atoms with Gasteiger partial charge in [-0.05, 0) is 43.7 Å². The minimum absolute atomic E-state index is 0.502. The molecule has 0 saturated heterocycles. The Kier molecular flexibility index (Phi) is 5.34. The monoisotopic (exact) mass is 472 g/mol. The first kappa shape index (κ1) is 21.7. The molecule has 3 heterocycles. The lowest BCUT2D eigenvalue weighted by Gasteiger charge is -2.12. The van der Waals surface area contributed by atoms with Crippen LogP contribution in [0.3, 0.4) is 0 Å². The smallest absolute Gasteiger partial charge is 0.221 e. The second-order valence-corrected chi connectivity index (χ2v) is 8.48. The Morgan fingerprint density at radius 1 is 1.21 bits per heavy atom. The summed E-state index contributed by atoms with van der Waals surface area (Å²) in [6.45, 7) is 4.28. The third kappa shape index (κ3) is 3.42. The predicted octanol–water partition coefficient (Wildman–Crippen LogP) is 4.89. The standard InChI is InChI=1S/C25H21ClN6O2/c1-14-23(15(2)34-30-14)19-9-20-18(10-22(19)33-4)24-21(11-28-20)31(3)25(29-13-27)32(24)12-16-5-7-17(26)8-6-16/h5-11H,12H2,1-4H3. The molecule has 2 aromatic carbocycles. The molecule has 0 bridgehead atoms. The Labute approximate surface area is 200 Å². The van der Waals surface area contributed by atoms with Crippen molar-refractivity contribution in [3.8, 4) is 23.1 Å². The van der Waals surface area contributed by atoms with Crippen LogP contribution in [0.5, 0.6) is 5.75 Å². The normalized spacial score (nSPS) is 11.9. The maximum atomic E-state index is 9.37. The van der Waals surface area contributed by atoms with Gasteiger partial charge >= 0.3 is 0 Å². The molecule has 0 aliphatic heterocycles. The van der Waals surface area contributed by atoms with Crippen LogP contribution >= 0.6 is 11.6 Å². The lowest BCUT2D eigenvalue weighted by atomic mass is 10.0. The molecule has 0 unspecified atom stereocenters. The Hall–Kier alpha value is -4.09. The maximum Gasteiger partial charge on any atom is 0.221 e. The summed E-state index contributed by atoms with van der Waals surface area (Å²) in [5.74, 6) is 1.39. The number of aromatic nitrogens is 4. The first-order valence-electron chi connectivity index (χ1n) is 10.6. The van der Waals surface area contributed by atoms with Crippen molar-refractivity contribution in [2.24, 2.45) is 12.0 Å². The molecule has 8 nitrogen and oxygen atoms in total. The van der Waals surface area contributed by atoms with Crippen molar-refractivity contribution in [2.75, 3.05) is 7.11 Å². The molecule has 3 aromatic heterocycles. The van der Waals surface area contributed by atoms with Crippen LogP contribution in [0.4, 0.5) is 0 Å². The van der Waals surface area contributed by atoms with Crippen LogP contribution in [-0.4, -0.2) is 26.4 Å². The number of hydrogen-bond acceptors (Lipinski definition) is 6. The van der Waals surface area contributed by atoms with Gasteiger partial charge in [-0.25, -0.2) is 0 Å². The molecule has 5 aromatic rings. The number of benzene rings is 2. The third-order valence-electron chi connectivity index (χ3n) is 6.02. The first-order valence-corrected chi connectivity index (χ1v) is 11.0. The molecule has 0 radical (unpaired) electrons. The van der Waals surface area contributed by atoms with Crippen molar-refractivity contribution < 1.29 is 9.26 Å². The fourth-order valence-electron chi connectivity index (χ4n) is 4.45. The maximum absolute atomic E-state index is 9.37. The van der Waals surface area contributed by atoms with Crippen LogP contribution in [0.25, 0.3) is 33.1 Å². The third-order valence-corrected chi connectivity index (χ3v) is 6.27. The number of nitrogens with zero attached hydrogens (tertiary/aromatic N) is 6. The summed E-state index contributed by atoms with van der Waals surface area (Å²) in [5.41, 5.74) is 6.62. The molecular formula is C25H21ClN6O2. The molecule has 0 amide bonds. The van der Waals surface area contributed by atoms with E-state index in [0.717, 1.165) is 44.3 Å². The van der Waals surface area contributed by atoms with Gasteiger partial charge in [-0.3, -0.25) is 4.98 Å². The van der Waals surface area contributed by atoms with Gasteiger partial charge in [0.25, 0.3) is 0 Å². The average Bonchev–Trinajstić information content (AvgIpc) is 3.30. The Morgan fingerprint density at radius 2 is 1.97 bits per heavy atom. The Balaban J connectivity index is 1.85. The van der Waals surface area contributed by atoms with Gasteiger partial charge in [-0.1, -0.05) is 28.9 Å². The van der Waals surface area contributed by atoms with E-state index >= 15 is 0 Å². The number of hydrogen-bond donors (Lipinski definition) is 0. The van der Waals surface area contributed by atoms with Gasteiger partial charge in [0.2, 0.25) is 11.8 Å². The average molecular weight is 473 g/mol. The number of nitriles is 1. The van der Waals surface area contributed by atoms with Gasteiger partial charge in [0.05, 0.1) is 47.7 Å². The minimum atomic E-state index is 0.502. The zero-order valence-electron chi connectivity index (χ0n) is 19.1. The summed E-state index contributed by atoms with van der Waals surface area (Å²) in [4.78, 5) is 8.84. The SMILES string of the molecule is COc1cc2c(cc1-c1c(C)noc1C)ncc1c2n(Cc2ccc(Cl)cc2)c(=NC#N)n1C. The number of pyridine rings is 1. The first-order chi connectivity index (χ1) is 16.4. The number of fused-ring (bicyclic) bond motifs is 3. The molecule has 34 heavy (non-hydrogen) atoms. The topological polar surface area (TPSA) is 94.2 Å². The molecule has 0 fully saturated rings. The second-order valence-electron chi connectivity index (χ2n) is 8.04. The summed E-state index contributed by atoms with van der Waals surface area (Å²) in [5, 5.41) is 15.0. The molecule has 9 heteroatoms. The van der Waals surface area contributed by atoms with E-state index in [0.29, 0.717) is 28.7 Å². The van der Waals surface area contributed by atoms with E-state index in [1.165, 1.54) is 0 Å². The fourth-order valence-corrected chi connectivity index (χ4v) is 4.57. The van der Waals surface area contributed by atoms with Gasteiger partial charge in [-0.15, -0.1) is 4.99 Å². The predicted molar refractivity (Wildman–Crippen MR) is 129 cm³/mol. The van der Waals surface area contributed by atoms with Gasteiger partial charge in [-0.2, -0.15) is 5.26 Å². The van der Waals surface area contributed by atoms with Crippen molar-refractivity contribution in [1.29, 1.82) is 5.26 Å². The molecule has 0 spiro atoms. The second kappa shape index (κ2) is 8.36. The van der Waals surface area contributed by atoms with E-state index in [1.807, 2.05) is 72.6 Å². The van der Waals surface area contributed by atoms with Crippen LogP contribution in [0.15, 0.2) is 52.1 Å². The number of aryl methyl sites for hydroxylation is 3. The van der Waals surface area contributed by atoms with Gasteiger partial charge in [0.15, 0.2) is 0 Å². The van der Waals surface area contributed by atoms with Crippen LogP contribution in [0.2, 0.25) is 5.02 Å². The zero-order chi connectivity index (χ0) is 24.0. The molecule has 0 atom stereocenters. The van der Waals surface area contributed by atoms with E-state index in [1.54, 1.807) is 13.3 Å². The molecule has 0 aliphatic rings. The number of ether oxygens (including phenoxy) is 1. The van der Waals surface area contributed by atoms with Crippen molar-refractivity contribution in [2.45, 2.75) is 20.4 Å². The van der Waals surface area contributed by atoms with Crippen molar-refractivity contribution in [3.05, 3.63) is 70.3 Å². The molecular weight excluding hydrogens is 452 g/mol. The lowest BCUT2D eigenvalue weighted by molar-refractivity contribution is 0.393. The number of imidazole rings is 1. The highest BCUT2D eigenvalue weighted by atomic mass is 35.5. The summed E-state index contributed by atoms with van der Waals surface area (Å²) in [6.07, 6.45) is 3.73.